The zero-order valence-electron chi connectivity index (χ0n) is 10.1. The van der Waals surface area contributed by atoms with Crippen LogP contribution in [0.25, 0.3) is 0 Å². The Morgan fingerprint density at radius 3 is 2.72 bits per heavy atom. The van der Waals surface area contributed by atoms with Crippen LogP contribution in [0.1, 0.15) is 19.8 Å². The summed E-state index contributed by atoms with van der Waals surface area (Å²) in [6.07, 6.45) is 3.00. The first-order valence-corrected chi connectivity index (χ1v) is 8.55. The number of nitrogens with zero attached hydrogens (tertiary/aromatic N) is 2. The summed E-state index contributed by atoms with van der Waals surface area (Å²) in [4.78, 5) is 6.07. The molecule has 1 saturated heterocycles. The highest BCUT2D eigenvalue weighted by Crippen LogP contribution is 2.23. The van der Waals surface area contributed by atoms with E-state index >= 15 is 0 Å². The topological polar surface area (TPSA) is 62.3 Å². The maximum Gasteiger partial charge on any atom is 0.251 e. The Labute approximate surface area is 116 Å². The van der Waals surface area contributed by atoms with E-state index in [4.69, 9.17) is 11.6 Å². The molecule has 0 saturated carbocycles. The van der Waals surface area contributed by atoms with Crippen LogP contribution in [0.5, 0.6) is 0 Å². The first-order chi connectivity index (χ1) is 8.51. The quantitative estimate of drug-likeness (QED) is 0.917. The fourth-order valence-corrected chi connectivity index (χ4v) is 4.62. The number of thiazole rings is 1. The van der Waals surface area contributed by atoms with Crippen LogP contribution in [0.3, 0.4) is 0 Å². The second-order valence-corrected chi connectivity index (χ2v) is 7.82. The number of nitrogens with one attached hydrogen (secondary N) is 1. The molecular weight excluding hydrogens is 294 g/mol. The standard InChI is InChI=1S/C10H16ClN3O2S2/c1-2-14-5-3-8(4-6-14)13-18(15,16)9-7-12-10(11)17-9/h7-8,13H,2-6H2,1H3. The van der Waals surface area contributed by atoms with E-state index in [1.807, 2.05) is 0 Å². The van der Waals surface area contributed by atoms with Gasteiger partial charge in [0.2, 0.25) is 0 Å². The molecular formula is C10H16ClN3O2S2. The second-order valence-electron chi connectivity index (χ2n) is 4.26. The maximum atomic E-state index is 12.1. The van der Waals surface area contributed by atoms with Crippen molar-refractivity contribution >= 4 is 33.0 Å². The molecule has 5 nitrogen and oxygen atoms in total. The van der Waals surface area contributed by atoms with Crippen molar-refractivity contribution in [3.05, 3.63) is 10.7 Å². The number of hydrogen-bond acceptors (Lipinski definition) is 5. The second kappa shape index (κ2) is 5.83. The van der Waals surface area contributed by atoms with Gasteiger partial charge in [0.1, 0.15) is 0 Å². The molecule has 0 radical (unpaired) electrons. The predicted octanol–water partition coefficient (Wildman–Crippen LogP) is 1.56. The Hall–Kier alpha value is -0.210. The third kappa shape index (κ3) is 3.42. The number of piperidine rings is 1. The number of hydrogen-bond donors (Lipinski definition) is 1. The van der Waals surface area contributed by atoms with Crippen LogP contribution in [0.2, 0.25) is 4.47 Å². The van der Waals surface area contributed by atoms with Gasteiger partial charge in [0.15, 0.2) is 8.68 Å². The Bertz CT molecular complexity index is 495. The Morgan fingerprint density at radius 1 is 1.56 bits per heavy atom. The Morgan fingerprint density at radius 2 is 2.22 bits per heavy atom. The van der Waals surface area contributed by atoms with E-state index in [1.165, 1.54) is 6.20 Å². The predicted molar refractivity (Wildman–Crippen MR) is 72.6 cm³/mol. The third-order valence-electron chi connectivity index (χ3n) is 3.08. The van der Waals surface area contributed by atoms with Crippen LogP contribution in [0.15, 0.2) is 10.4 Å². The molecule has 2 heterocycles. The largest absolute Gasteiger partial charge is 0.303 e. The summed E-state index contributed by atoms with van der Waals surface area (Å²) in [6.45, 7) is 5.01. The van der Waals surface area contributed by atoms with Gasteiger partial charge in [-0.25, -0.2) is 18.1 Å². The molecule has 1 aromatic rings. The van der Waals surface area contributed by atoms with Gasteiger partial charge in [0.05, 0.1) is 6.20 Å². The molecule has 0 aliphatic carbocycles. The van der Waals surface area contributed by atoms with E-state index in [0.29, 0.717) is 0 Å². The Kier molecular flexibility index (Phi) is 4.60. The van der Waals surface area contributed by atoms with E-state index in [9.17, 15) is 8.42 Å². The zero-order valence-corrected chi connectivity index (χ0v) is 12.5. The minimum absolute atomic E-state index is 0.0127. The van der Waals surface area contributed by atoms with Crippen LogP contribution < -0.4 is 4.72 Å². The average molecular weight is 310 g/mol. The molecule has 0 unspecified atom stereocenters. The molecule has 0 bridgehead atoms. The fourth-order valence-electron chi connectivity index (χ4n) is 2.01. The monoisotopic (exact) mass is 309 g/mol. The van der Waals surface area contributed by atoms with Gasteiger partial charge in [-0.15, -0.1) is 0 Å². The van der Waals surface area contributed by atoms with Gasteiger partial charge in [-0.1, -0.05) is 29.9 Å². The number of sulfonamides is 1. The average Bonchev–Trinajstić information content (AvgIpc) is 2.77. The van der Waals surface area contributed by atoms with Gasteiger partial charge in [0.25, 0.3) is 10.0 Å². The lowest BCUT2D eigenvalue weighted by Gasteiger charge is -2.31. The number of rotatable bonds is 4. The lowest BCUT2D eigenvalue weighted by atomic mass is 10.1. The van der Waals surface area contributed by atoms with Gasteiger partial charge in [0, 0.05) is 6.04 Å². The van der Waals surface area contributed by atoms with Gasteiger partial charge >= 0.3 is 0 Å². The normalized spacial score (nSPS) is 19.2. The van der Waals surface area contributed by atoms with Gasteiger partial charge in [-0.2, -0.15) is 0 Å². The molecule has 1 aromatic heterocycles. The molecule has 0 aromatic carbocycles. The highest BCUT2D eigenvalue weighted by molar-refractivity contribution is 7.91. The minimum atomic E-state index is -3.46. The highest BCUT2D eigenvalue weighted by atomic mass is 35.5. The Balaban J connectivity index is 1.97. The molecule has 0 atom stereocenters. The first-order valence-electron chi connectivity index (χ1n) is 5.87. The highest BCUT2D eigenvalue weighted by Gasteiger charge is 2.25. The van der Waals surface area contributed by atoms with Gasteiger partial charge in [-0.05, 0) is 32.5 Å². The summed E-state index contributed by atoms with van der Waals surface area (Å²) >= 11 is 6.64. The maximum absolute atomic E-state index is 12.1. The van der Waals surface area contributed by atoms with Crippen molar-refractivity contribution in [2.75, 3.05) is 19.6 Å². The van der Waals surface area contributed by atoms with Gasteiger partial charge in [-0.3, -0.25) is 0 Å². The minimum Gasteiger partial charge on any atom is -0.303 e. The summed E-state index contributed by atoms with van der Waals surface area (Å²) < 4.78 is 27.3. The number of likely N-dealkylation sites (tertiary alicyclic amines) is 1. The summed E-state index contributed by atoms with van der Waals surface area (Å²) in [7, 11) is -3.46. The van der Waals surface area contributed by atoms with Crippen LogP contribution in [-0.2, 0) is 10.0 Å². The first kappa shape index (κ1) is 14.2. The molecule has 1 N–H and O–H groups in total. The molecule has 1 fully saturated rings. The van der Waals surface area contributed by atoms with Crippen molar-refractivity contribution < 1.29 is 8.42 Å². The van der Waals surface area contributed by atoms with Crippen molar-refractivity contribution in [3.8, 4) is 0 Å². The third-order valence-corrected chi connectivity index (χ3v) is 6.17. The van der Waals surface area contributed by atoms with Crippen molar-refractivity contribution in [2.24, 2.45) is 0 Å². The lowest BCUT2D eigenvalue weighted by molar-refractivity contribution is 0.217. The molecule has 1 aliphatic rings. The van der Waals surface area contributed by atoms with Crippen LogP contribution in [-0.4, -0.2) is 44.0 Å². The van der Waals surface area contributed by atoms with E-state index < -0.39 is 10.0 Å². The van der Waals surface area contributed by atoms with Crippen molar-refractivity contribution in [1.29, 1.82) is 0 Å². The molecule has 0 spiro atoms. The molecule has 0 amide bonds. The number of aromatic nitrogens is 1. The summed E-state index contributed by atoms with van der Waals surface area (Å²) in [5.74, 6) is 0. The fraction of sp³-hybridized carbons (Fsp3) is 0.700. The van der Waals surface area contributed by atoms with Crippen molar-refractivity contribution in [2.45, 2.75) is 30.0 Å². The summed E-state index contributed by atoms with van der Waals surface area (Å²) in [5.41, 5.74) is 0. The molecule has 2 rings (SSSR count). The summed E-state index contributed by atoms with van der Waals surface area (Å²) in [5, 5.41) is 0. The smallest absolute Gasteiger partial charge is 0.251 e. The van der Waals surface area contributed by atoms with E-state index in [2.05, 4.69) is 21.5 Å². The molecule has 8 heteroatoms. The molecule has 1 aliphatic heterocycles. The molecule has 102 valence electrons. The lowest BCUT2D eigenvalue weighted by Crippen LogP contribution is -2.44. The van der Waals surface area contributed by atoms with Gasteiger partial charge < -0.3 is 4.90 Å². The van der Waals surface area contributed by atoms with Crippen LogP contribution in [0, 0.1) is 0 Å². The SMILES string of the molecule is CCN1CCC(NS(=O)(=O)c2cnc(Cl)s2)CC1. The van der Waals surface area contributed by atoms with E-state index in [0.717, 1.165) is 43.8 Å². The van der Waals surface area contributed by atoms with E-state index in [-0.39, 0.29) is 14.7 Å². The van der Waals surface area contributed by atoms with E-state index in [1.54, 1.807) is 0 Å². The number of halogens is 1. The van der Waals surface area contributed by atoms with Crippen molar-refractivity contribution in [3.63, 3.8) is 0 Å². The van der Waals surface area contributed by atoms with Crippen LogP contribution >= 0.6 is 22.9 Å². The zero-order chi connectivity index (χ0) is 13.2. The van der Waals surface area contributed by atoms with Crippen molar-refractivity contribution in [1.82, 2.24) is 14.6 Å². The molecule has 18 heavy (non-hydrogen) atoms. The summed E-state index contributed by atoms with van der Waals surface area (Å²) in [6, 6.07) is 0.0127. The van der Waals surface area contributed by atoms with Crippen LogP contribution in [0.4, 0.5) is 0 Å².